The molecule has 3 nitrogen and oxygen atoms in total. The van der Waals surface area contributed by atoms with E-state index in [-0.39, 0.29) is 6.61 Å². The molecule has 21 heavy (non-hydrogen) atoms. The molecule has 4 rings (SSSR count). The van der Waals surface area contributed by atoms with E-state index in [9.17, 15) is 5.11 Å². The molecule has 0 unspecified atom stereocenters. The minimum absolute atomic E-state index is 0.0828. The van der Waals surface area contributed by atoms with Crippen LogP contribution in [-0.2, 0) is 13.2 Å². The molecule has 0 saturated heterocycles. The van der Waals surface area contributed by atoms with Gasteiger partial charge in [0, 0.05) is 18.3 Å². The molecular weight excluding hydrogens is 260 g/mol. The predicted molar refractivity (Wildman–Crippen MR) is 83.8 cm³/mol. The van der Waals surface area contributed by atoms with Crippen molar-refractivity contribution in [3.8, 4) is 11.1 Å². The Labute approximate surface area is 123 Å². The van der Waals surface area contributed by atoms with Crippen LogP contribution < -0.4 is 0 Å². The lowest BCUT2D eigenvalue weighted by Crippen LogP contribution is -1.98. The number of nitrogens with zero attached hydrogens (tertiary/aromatic N) is 2. The van der Waals surface area contributed by atoms with Crippen LogP contribution in [-0.4, -0.2) is 14.9 Å². The summed E-state index contributed by atoms with van der Waals surface area (Å²) in [6, 6.07) is 12.4. The van der Waals surface area contributed by atoms with Gasteiger partial charge in [-0.2, -0.15) is 5.10 Å². The second-order valence-corrected chi connectivity index (χ2v) is 5.91. The Morgan fingerprint density at radius 1 is 1.19 bits per heavy atom. The van der Waals surface area contributed by atoms with Gasteiger partial charge in [0.25, 0.3) is 0 Å². The summed E-state index contributed by atoms with van der Waals surface area (Å²) >= 11 is 0. The molecule has 1 fully saturated rings. The van der Waals surface area contributed by atoms with Crippen molar-refractivity contribution in [1.29, 1.82) is 0 Å². The van der Waals surface area contributed by atoms with Crippen molar-refractivity contribution in [2.75, 3.05) is 0 Å². The second-order valence-electron chi connectivity index (χ2n) is 5.91. The van der Waals surface area contributed by atoms with Gasteiger partial charge >= 0.3 is 0 Å². The second kappa shape index (κ2) is 5.01. The lowest BCUT2D eigenvalue weighted by Gasteiger charge is -2.06. The van der Waals surface area contributed by atoms with Crippen LogP contribution in [0.1, 0.15) is 18.4 Å². The lowest BCUT2D eigenvalue weighted by atomic mass is 9.99. The smallest absolute Gasteiger partial charge is 0.0682 e. The third-order valence-electron chi connectivity index (χ3n) is 4.21. The quantitative estimate of drug-likeness (QED) is 0.791. The van der Waals surface area contributed by atoms with E-state index in [2.05, 4.69) is 40.2 Å². The van der Waals surface area contributed by atoms with Crippen LogP contribution in [0.15, 0.2) is 48.8 Å². The maximum atomic E-state index is 9.26. The van der Waals surface area contributed by atoms with Crippen LogP contribution in [0.25, 0.3) is 21.9 Å². The van der Waals surface area contributed by atoms with Crippen molar-refractivity contribution in [2.45, 2.75) is 26.0 Å². The van der Waals surface area contributed by atoms with Crippen molar-refractivity contribution in [3.63, 3.8) is 0 Å². The van der Waals surface area contributed by atoms with E-state index in [0.717, 1.165) is 29.0 Å². The fraction of sp³-hybridized carbons (Fsp3) is 0.278. The lowest BCUT2D eigenvalue weighted by molar-refractivity contribution is 0.282. The molecule has 0 atom stereocenters. The Kier molecular flexibility index (Phi) is 3.00. The number of aromatic nitrogens is 2. The molecule has 1 aliphatic rings. The van der Waals surface area contributed by atoms with Gasteiger partial charge in [-0.25, -0.2) is 0 Å². The highest BCUT2D eigenvalue weighted by Gasteiger charge is 2.22. The van der Waals surface area contributed by atoms with Crippen LogP contribution in [0, 0.1) is 5.92 Å². The zero-order valence-electron chi connectivity index (χ0n) is 11.9. The van der Waals surface area contributed by atoms with Gasteiger partial charge in [-0.3, -0.25) is 4.68 Å². The van der Waals surface area contributed by atoms with Gasteiger partial charge in [-0.15, -0.1) is 0 Å². The average Bonchev–Trinajstić information content (AvgIpc) is 3.21. The number of aliphatic hydroxyl groups excluding tert-OH is 1. The first-order valence-electron chi connectivity index (χ1n) is 7.49. The van der Waals surface area contributed by atoms with Gasteiger partial charge in [-0.05, 0) is 46.7 Å². The van der Waals surface area contributed by atoms with Gasteiger partial charge in [0.1, 0.15) is 0 Å². The molecule has 0 bridgehead atoms. The van der Waals surface area contributed by atoms with Crippen LogP contribution in [0.4, 0.5) is 0 Å². The van der Waals surface area contributed by atoms with E-state index in [1.54, 1.807) is 0 Å². The first kappa shape index (κ1) is 12.6. The highest BCUT2D eigenvalue weighted by atomic mass is 16.3. The third-order valence-corrected chi connectivity index (χ3v) is 4.21. The SMILES string of the molecule is OCc1ccc2c(-c3cnn(CC4CC4)c3)cccc2c1. The minimum atomic E-state index is 0.0828. The van der Waals surface area contributed by atoms with Crippen molar-refractivity contribution < 1.29 is 5.11 Å². The van der Waals surface area contributed by atoms with E-state index in [1.807, 2.05) is 18.3 Å². The monoisotopic (exact) mass is 278 g/mol. The molecule has 0 radical (unpaired) electrons. The Morgan fingerprint density at radius 2 is 2.10 bits per heavy atom. The molecule has 0 amide bonds. The largest absolute Gasteiger partial charge is 0.392 e. The number of hydrogen-bond donors (Lipinski definition) is 1. The van der Waals surface area contributed by atoms with E-state index in [1.165, 1.54) is 23.8 Å². The molecule has 3 heteroatoms. The highest BCUT2D eigenvalue weighted by Crippen LogP contribution is 2.32. The van der Waals surface area contributed by atoms with Gasteiger partial charge in [-0.1, -0.05) is 30.3 Å². The summed E-state index contributed by atoms with van der Waals surface area (Å²) in [6.45, 7) is 1.12. The number of fused-ring (bicyclic) bond motifs is 1. The number of benzene rings is 2. The summed E-state index contributed by atoms with van der Waals surface area (Å²) in [5.41, 5.74) is 3.32. The van der Waals surface area contributed by atoms with Crippen molar-refractivity contribution in [3.05, 3.63) is 54.4 Å². The molecule has 1 aromatic heterocycles. The van der Waals surface area contributed by atoms with Gasteiger partial charge in [0.15, 0.2) is 0 Å². The molecule has 1 N–H and O–H groups in total. The normalized spacial score (nSPS) is 14.7. The van der Waals surface area contributed by atoms with Crippen LogP contribution >= 0.6 is 0 Å². The van der Waals surface area contributed by atoms with Crippen LogP contribution in [0.2, 0.25) is 0 Å². The summed E-state index contributed by atoms with van der Waals surface area (Å²) < 4.78 is 2.06. The van der Waals surface area contributed by atoms with Crippen molar-refractivity contribution in [1.82, 2.24) is 9.78 Å². The summed E-state index contributed by atoms with van der Waals surface area (Å²) in [5.74, 6) is 0.831. The Hall–Kier alpha value is -2.13. The zero-order valence-corrected chi connectivity index (χ0v) is 11.9. The summed E-state index contributed by atoms with van der Waals surface area (Å²) in [4.78, 5) is 0. The van der Waals surface area contributed by atoms with E-state index in [4.69, 9.17) is 0 Å². The Balaban J connectivity index is 1.76. The first-order chi connectivity index (χ1) is 10.3. The topological polar surface area (TPSA) is 38.1 Å². The van der Waals surface area contributed by atoms with E-state index in [0.29, 0.717) is 0 Å². The molecule has 0 spiro atoms. The molecule has 0 aliphatic heterocycles. The molecule has 2 aromatic carbocycles. The fourth-order valence-electron chi connectivity index (χ4n) is 2.85. The van der Waals surface area contributed by atoms with Crippen LogP contribution in [0.3, 0.4) is 0 Å². The Bertz CT molecular complexity index is 787. The standard InChI is InChI=1S/C18H18N2O/c21-12-14-6-7-18-15(8-14)2-1-3-17(18)16-9-19-20(11-16)10-13-4-5-13/h1-3,6-9,11,13,21H,4-5,10,12H2. The highest BCUT2D eigenvalue weighted by molar-refractivity contribution is 5.96. The van der Waals surface area contributed by atoms with E-state index >= 15 is 0 Å². The maximum absolute atomic E-state index is 9.26. The Morgan fingerprint density at radius 3 is 2.90 bits per heavy atom. The molecule has 106 valence electrons. The predicted octanol–water partition coefficient (Wildman–Crippen LogP) is 3.61. The van der Waals surface area contributed by atoms with Crippen LogP contribution in [0.5, 0.6) is 0 Å². The van der Waals surface area contributed by atoms with Crippen molar-refractivity contribution in [2.24, 2.45) is 5.92 Å². The minimum Gasteiger partial charge on any atom is -0.392 e. The number of aliphatic hydroxyl groups is 1. The molecule has 1 heterocycles. The number of hydrogen-bond acceptors (Lipinski definition) is 2. The average molecular weight is 278 g/mol. The van der Waals surface area contributed by atoms with Gasteiger partial charge in [0.2, 0.25) is 0 Å². The summed E-state index contributed by atoms with van der Waals surface area (Å²) in [7, 11) is 0. The van der Waals surface area contributed by atoms with Gasteiger partial charge < -0.3 is 5.11 Å². The maximum Gasteiger partial charge on any atom is 0.0682 e. The summed E-state index contributed by atoms with van der Waals surface area (Å²) in [6.07, 6.45) is 6.78. The van der Waals surface area contributed by atoms with Crippen molar-refractivity contribution >= 4 is 10.8 Å². The number of rotatable bonds is 4. The summed E-state index contributed by atoms with van der Waals surface area (Å²) in [5, 5.41) is 16.1. The molecule has 1 aliphatic carbocycles. The van der Waals surface area contributed by atoms with Gasteiger partial charge in [0.05, 0.1) is 12.8 Å². The third kappa shape index (κ3) is 2.45. The zero-order chi connectivity index (χ0) is 14.2. The first-order valence-corrected chi connectivity index (χ1v) is 7.49. The molecular formula is C18H18N2O. The molecule has 3 aromatic rings. The van der Waals surface area contributed by atoms with E-state index < -0.39 is 0 Å². The molecule has 1 saturated carbocycles. The fourth-order valence-corrected chi connectivity index (χ4v) is 2.85.